The predicted molar refractivity (Wildman–Crippen MR) is 86.3 cm³/mol. The van der Waals surface area contributed by atoms with Crippen molar-refractivity contribution in [3.05, 3.63) is 35.4 Å². The van der Waals surface area contributed by atoms with Gasteiger partial charge in [0.05, 0.1) is 0 Å². The summed E-state index contributed by atoms with van der Waals surface area (Å²) in [4.78, 5) is 5.50. The maximum Gasteiger partial charge on any atom is 0.0364 e. The normalized spacial score (nSPS) is 31.2. The van der Waals surface area contributed by atoms with Gasteiger partial charge in [0, 0.05) is 31.7 Å². The third-order valence-corrected chi connectivity index (χ3v) is 5.62. The van der Waals surface area contributed by atoms with Crippen LogP contribution in [-0.2, 0) is 6.54 Å². The highest BCUT2D eigenvalue weighted by Crippen LogP contribution is 2.33. The van der Waals surface area contributed by atoms with Crippen molar-refractivity contribution in [1.29, 1.82) is 0 Å². The number of nitrogens with one attached hydrogen (secondary N) is 1. The molecule has 2 unspecified atom stereocenters. The average Bonchev–Trinajstić information content (AvgIpc) is 3.15. The molecule has 3 heteroatoms. The van der Waals surface area contributed by atoms with Crippen molar-refractivity contribution < 1.29 is 0 Å². The fraction of sp³-hybridized carbons (Fsp3) is 0.667. The van der Waals surface area contributed by atoms with Crippen LogP contribution in [0.3, 0.4) is 0 Å². The maximum absolute atomic E-state index is 3.59. The minimum absolute atomic E-state index is 0.629. The Morgan fingerprint density at radius 1 is 0.952 bits per heavy atom. The van der Waals surface area contributed by atoms with Gasteiger partial charge in [-0.25, -0.2) is 0 Å². The highest BCUT2D eigenvalue weighted by molar-refractivity contribution is 5.31. The molecule has 0 spiro atoms. The van der Waals surface area contributed by atoms with E-state index < -0.39 is 0 Å². The fourth-order valence-corrected chi connectivity index (χ4v) is 4.47. The van der Waals surface area contributed by atoms with Crippen LogP contribution < -0.4 is 5.32 Å². The number of benzene rings is 1. The number of hydrogen-bond donors (Lipinski definition) is 1. The first kappa shape index (κ1) is 13.7. The van der Waals surface area contributed by atoms with Crippen molar-refractivity contribution in [2.45, 2.75) is 44.3 Å². The van der Waals surface area contributed by atoms with Gasteiger partial charge in [-0.3, -0.25) is 9.80 Å². The maximum atomic E-state index is 3.59. The van der Waals surface area contributed by atoms with Crippen molar-refractivity contribution in [3.63, 3.8) is 0 Å². The molecule has 2 atom stereocenters. The zero-order valence-corrected chi connectivity index (χ0v) is 12.9. The van der Waals surface area contributed by atoms with Gasteiger partial charge in [-0.2, -0.15) is 0 Å². The van der Waals surface area contributed by atoms with Gasteiger partial charge in [-0.1, -0.05) is 24.3 Å². The Hall–Kier alpha value is -0.900. The molecule has 3 aliphatic heterocycles. The average molecular weight is 285 g/mol. The lowest BCUT2D eigenvalue weighted by atomic mass is 9.98. The molecule has 1 aromatic carbocycles. The fourth-order valence-electron chi connectivity index (χ4n) is 4.47. The van der Waals surface area contributed by atoms with E-state index in [0.29, 0.717) is 6.04 Å². The Balaban J connectivity index is 1.51. The third kappa shape index (κ3) is 2.75. The van der Waals surface area contributed by atoms with Gasteiger partial charge in [0.15, 0.2) is 0 Å². The van der Waals surface area contributed by atoms with Crippen LogP contribution in [0, 0.1) is 0 Å². The van der Waals surface area contributed by atoms with Crippen LogP contribution in [0.1, 0.15) is 42.9 Å². The summed E-state index contributed by atoms with van der Waals surface area (Å²) in [5.41, 5.74) is 3.08. The molecular weight excluding hydrogens is 258 g/mol. The summed E-state index contributed by atoms with van der Waals surface area (Å²) in [6.45, 7) is 7.40. The minimum atomic E-state index is 0.629. The van der Waals surface area contributed by atoms with E-state index in [1.807, 2.05) is 0 Å². The second-order valence-corrected chi connectivity index (χ2v) is 6.86. The molecule has 1 N–H and O–H groups in total. The number of likely N-dealkylation sites (tertiary alicyclic amines) is 2. The second kappa shape index (κ2) is 6.07. The van der Waals surface area contributed by atoms with Crippen molar-refractivity contribution in [1.82, 2.24) is 15.1 Å². The van der Waals surface area contributed by atoms with E-state index in [4.69, 9.17) is 0 Å². The lowest BCUT2D eigenvalue weighted by Gasteiger charge is -2.30. The summed E-state index contributed by atoms with van der Waals surface area (Å²) in [6, 6.07) is 10.5. The van der Waals surface area contributed by atoms with Crippen LogP contribution in [0.4, 0.5) is 0 Å². The van der Waals surface area contributed by atoms with Crippen LogP contribution >= 0.6 is 0 Å². The van der Waals surface area contributed by atoms with Crippen LogP contribution in [0.15, 0.2) is 24.3 Å². The molecule has 0 radical (unpaired) electrons. The first-order valence-electron chi connectivity index (χ1n) is 8.68. The number of nitrogens with zero attached hydrogens (tertiary/aromatic N) is 2. The van der Waals surface area contributed by atoms with Gasteiger partial charge in [0.1, 0.15) is 0 Å². The molecule has 114 valence electrons. The molecule has 1 aromatic rings. The Labute approximate surface area is 128 Å². The molecule has 2 saturated heterocycles. The van der Waals surface area contributed by atoms with Crippen LogP contribution in [0.2, 0.25) is 0 Å². The summed E-state index contributed by atoms with van der Waals surface area (Å²) in [5, 5.41) is 3.59. The zero-order valence-electron chi connectivity index (χ0n) is 12.9. The van der Waals surface area contributed by atoms with Gasteiger partial charge in [-0.15, -0.1) is 0 Å². The summed E-state index contributed by atoms with van der Waals surface area (Å²) in [7, 11) is 0. The highest BCUT2D eigenvalue weighted by Gasteiger charge is 2.34. The van der Waals surface area contributed by atoms with Crippen molar-refractivity contribution in [2.75, 3.05) is 32.7 Å². The molecule has 2 fully saturated rings. The Morgan fingerprint density at radius 3 is 2.71 bits per heavy atom. The molecule has 0 aliphatic carbocycles. The SMILES string of the molecule is c1ccc2c(c1)CNCCC2N1CCC(N2CCCC2)C1. The van der Waals surface area contributed by atoms with E-state index in [9.17, 15) is 0 Å². The molecule has 3 heterocycles. The summed E-state index contributed by atoms with van der Waals surface area (Å²) < 4.78 is 0. The Bertz CT molecular complexity index is 481. The van der Waals surface area contributed by atoms with Crippen molar-refractivity contribution >= 4 is 0 Å². The van der Waals surface area contributed by atoms with E-state index in [0.717, 1.165) is 19.1 Å². The molecule has 0 saturated carbocycles. The minimum Gasteiger partial charge on any atom is -0.313 e. The molecule has 0 bridgehead atoms. The molecular formula is C18H27N3. The first-order chi connectivity index (χ1) is 10.4. The third-order valence-electron chi connectivity index (χ3n) is 5.62. The smallest absolute Gasteiger partial charge is 0.0364 e. The van der Waals surface area contributed by atoms with Crippen LogP contribution in [0.25, 0.3) is 0 Å². The molecule has 3 nitrogen and oxygen atoms in total. The highest BCUT2D eigenvalue weighted by atomic mass is 15.3. The number of rotatable bonds is 2. The summed E-state index contributed by atoms with van der Waals surface area (Å²) >= 11 is 0. The van der Waals surface area contributed by atoms with Gasteiger partial charge in [-0.05, 0) is 56.4 Å². The van der Waals surface area contributed by atoms with E-state index in [-0.39, 0.29) is 0 Å². The standard InChI is InChI=1S/C18H27N3/c1-2-6-17-15(5-1)13-19-9-7-18(17)21-12-8-16(14-21)20-10-3-4-11-20/h1-2,5-6,16,18-19H,3-4,7-14H2. The predicted octanol–water partition coefficient (Wildman–Crippen LogP) is 2.39. The summed E-state index contributed by atoms with van der Waals surface area (Å²) in [5.74, 6) is 0. The van der Waals surface area contributed by atoms with Gasteiger partial charge in [0.25, 0.3) is 0 Å². The van der Waals surface area contributed by atoms with E-state index in [1.165, 1.54) is 57.4 Å². The lowest BCUT2D eigenvalue weighted by molar-refractivity contribution is 0.195. The molecule has 3 aliphatic rings. The van der Waals surface area contributed by atoms with Crippen molar-refractivity contribution in [3.8, 4) is 0 Å². The van der Waals surface area contributed by atoms with Gasteiger partial charge >= 0.3 is 0 Å². The van der Waals surface area contributed by atoms with Crippen molar-refractivity contribution in [2.24, 2.45) is 0 Å². The number of hydrogen-bond acceptors (Lipinski definition) is 3. The van der Waals surface area contributed by atoms with Crippen LogP contribution in [-0.4, -0.2) is 48.6 Å². The van der Waals surface area contributed by atoms with E-state index in [2.05, 4.69) is 39.4 Å². The second-order valence-electron chi connectivity index (χ2n) is 6.86. The topological polar surface area (TPSA) is 18.5 Å². The monoisotopic (exact) mass is 285 g/mol. The van der Waals surface area contributed by atoms with Gasteiger partial charge in [0.2, 0.25) is 0 Å². The Kier molecular flexibility index (Phi) is 3.97. The molecule has 0 aromatic heterocycles. The van der Waals surface area contributed by atoms with Crippen LogP contribution in [0.5, 0.6) is 0 Å². The Morgan fingerprint density at radius 2 is 1.81 bits per heavy atom. The quantitative estimate of drug-likeness (QED) is 0.900. The zero-order chi connectivity index (χ0) is 14.1. The molecule has 21 heavy (non-hydrogen) atoms. The number of fused-ring (bicyclic) bond motifs is 1. The van der Waals surface area contributed by atoms with E-state index in [1.54, 1.807) is 5.56 Å². The molecule has 0 amide bonds. The molecule has 4 rings (SSSR count). The lowest BCUT2D eigenvalue weighted by Crippen LogP contribution is -2.36. The van der Waals surface area contributed by atoms with E-state index >= 15 is 0 Å². The largest absolute Gasteiger partial charge is 0.313 e. The van der Waals surface area contributed by atoms with Gasteiger partial charge < -0.3 is 5.32 Å². The first-order valence-corrected chi connectivity index (χ1v) is 8.68. The summed E-state index contributed by atoms with van der Waals surface area (Å²) in [6.07, 6.45) is 5.44.